The molecular formula is C15H20ClNO3. The summed E-state index contributed by atoms with van der Waals surface area (Å²) in [5, 5.41) is 9.16. The van der Waals surface area contributed by atoms with Gasteiger partial charge in [-0.05, 0) is 37.6 Å². The zero-order valence-corrected chi connectivity index (χ0v) is 12.7. The molecule has 0 bridgehead atoms. The molecule has 1 rings (SSSR count). The van der Waals surface area contributed by atoms with E-state index in [1.807, 2.05) is 18.2 Å². The maximum absolute atomic E-state index is 10.5. The molecule has 0 aliphatic carbocycles. The highest BCUT2D eigenvalue weighted by atomic mass is 35.5. The summed E-state index contributed by atoms with van der Waals surface area (Å²) in [7, 11) is 1.68. The fourth-order valence-electron chi connectivity index (χ4n) is 2.07. The summed E-state index contributed by atoms with van der Waals surface area (Å²) in [4.78, 5) is 12.7. The monoisotopic (exact) mass is 297 g/mol. The van der Waals surface area contributed by atoms with Crippen LogP contribution in [-0.2, 0) is 9.53 Å². The number of likely N-dealkylation sites (N-methyl/N-ethyl adjacent to an activating group) is 1. The number of aliphatic carboxylic acids is 1. The topological polar surface area (TPSA) is 49.8 Å². The Morgan fingerprint density at radius 3 is 2.75 bits per heavy atom. The highest BCUT2D eigenvalue weighted by molar-refractivity contribution is 6.32. The Bertz CT molecular complexity index is 488. The number of benzene rings is 1. The minimum atomic E-state index is -0.992. The predicted octanol–water partition coefficient (Wildman–Crippen LogP) is 3.30. The molecule has 0 aliphatic rings. The lowest BCUT2D eigenvalue weighted by atomic mass is 10.1. The van der Waals surface area contributed by atoms with Crippen LogP contribution in [-0.4, -0.2) is 37.4 Å². The molecule has 4 nitrogen and oxygen atoms in total. The van der Waals surface area contributed by atoms with Crippen molar-refractivity contribution in [2.45, 2.75) is 19.9 Å². The van der Waals surface area contributed by atoms with Crippen LogP contribution in [0.25, 0.3) is 6.08 Å². The number of hydrogen-bond acceptors (Lipinski definition) is 3. The predicted molar refractivity (Wildman–Crippen MR) is 82.5 cm³/mol. The Hall–Kier alpha value is -1.52. The van der Waals surface area contributed by atoms with Crippen molar-refractivity contribution >= 4 is 29.3 Å². The molecule has 0 spiro atoms. The van der Waals surface area contributed by atoms with E-state index in [0.717, 1.165) is 18.3 Å². The highest BCUT2D eigenvalue weighted by Crippen LogP contribution is 2.26. The molecule has 20 heavy (non-hydrogen) atoms. The van der Waals surface area contributed by atoms with Crippen molar-refractivity contribution in [1.82, 2.24) is 0 Å². The van der Waals surface area contributed by atoms with E-state index in [1.165, 1.54) is 6.08 Å². The molecule has 0 heterocycles. The fraction of sp³-hybridized carbons (Fsp3) is 0.400. The van der Waals surface area contributed by atoms with E-state index in [9.17, 15) is 4.79 Å². The summed E-state index contributed by atoms with van der Waals surface area (Å²) in [6.07, 6.45) is 2.56. The molecule has 0 aromatic heterocycles. The number of anilines is 1. The van der Waals surface area contributed by atoms with Crippen molar-refractivity contribution in [2.24, 2.45) is 0 Å². The van der Waals surface area contributed by atoms with Crippen LogP contribution in [0.1, 0.15) is 19.4 Å². The van der Waals surface area contributed by atoms with E-state index in [2.05, 4.69) is 18.7 Å². The van der Waals surface area contributed by atoms with Crippen molar-refractivity contribution in [2.75, 3.05) is 25.2 Å². The number of methoxy groups -OCH3 is 1. The van der Waals surface area contributed by atoms with Crippen molar-refractivity contribution in [3.63, 3.8) is 0 Å². The van der Waals surface area contributed by atoms with Crippen LogP contribution in [0, 0.1) is 0 Å². The Morgan fingerprint density at radius 2 is 2.25 bits per heavy atom. The summed E-state index contributed by atoms with van der Waals surface area (Å²) < 4.78 is 5.18. The number of rotatable bonds is 7. The molecule has 1 unspecified atom stereocenters. The van der Waals surface area contributed by atoms with Gasteiger partial charge in [0.15, 0.2) is 0 Å². The number of carbonyl (C=O) groups is 1. The second-order valence-corrected chi connectivity index (χ2v) is 4.87. The van der Waals surface area contributed by atoms with Crippen LogP contribution in [0.15, 0.2) is 24.3 Å². The van der Waals surface area contributed by atoms with Gasteiger partial charge < -0.3 is 14.7 Å². The molecule has 1 atom stereocenters. The Balaban J connectivity index is 2.97. The largest absolute Gasteiger partial charge is 0.478 e. The minimum Gasteiger partial charge on any atom is -0.478 e. The minimum absolute atomic E-state index is 0.237. The first kappa shape index (κ1) is 16.5. The second-order valence-electron chi connectivity index (χ2n) is 4.47. The Labute approximate surface area is 124 Å². The van der Waals surface area contributed by atoms with Gasteiger partial charge in [-0.15, -0.1) is 0 Å². The molecule has 0 amide bonds. The standard InChI is InChI=1S/C15H20ClNO3/c1-4-17(11(2)10-20-3)13-7-5-12(14(16)9-13)6-8-15(18)19/h5-9,11H,4,10H2,1-3H3,(H,18,19)/b8-6+. The Kier molecular flexibility index (Phi) is 6.55. The number of carboxylic acid groups (broad SMARTS) is 1. The summed E-state index contributed by atoms with van der Waals surface area (Å²) >= 11 is 6.19. The Morgan fingerprint density at radius 1 is 1.55 bits per heavy atom. The lowest BCUT2D eigenvalue weighted by molar-refractivity contribution is -0.131. The third kappa shape index (κ3) is 4.54. The molecule has 110 valence electrons. The molecule has 0 aliphatic heterocycles. The van der Waals surface area contributed by atoms with E-state index in [1.54, 1.807) is 7.11 Å². The molecule has 5 heteroatoms. The van der Waals surface area contributed by atoms with Gasteiger partial charge in [0, 0.05) is 36.5 Å². The first-order chi connectivity index (χ1) is 9.49. The lowest BCUT2D eigenvalue weighted by Gasteiger charge is -2.30. The van der Waals surface area contributed by atoms with Gasteiger partial charge in [0.05, 0.1) is 6.61 Å². The van der Waals surface area contributed by atoms with Gasteiger partial charge in [-0.2, -0.15) is 0 Å². The van der Waals surface area contributed by atoms with Crippen molar-refractivity contribution in [3.05, 3.63) is 34.9 Å². The maximum atomic E-state index is 10.5. The SMILES string of the molecule is CCN(c1ccc(/C=C/C(=O)O)c(Cl)c1)C(C)COC. The number of ether oxygens (including phenoxy) is 1. The van der Waals surface area contributed by atoms with Gasteiger partial charge in [-0.3, -0.25) is 0 Å². The number of carboxylic acids is 1. The summed E-state index contributed by atoms with van der Waals surface area (Å²) in [5.41, 5.74) is 1.68. The van der Waals surface area contributed by atoms with Gasteiger partial charge in [0.2, 0.25) is 0 Å². The van der Waals surface area contributed by atoms with Gasteiger partial charge in [0.1, 0.15) is 0 Å². The lowest BCUT2D eigenvalue weighted by Crippen LogP contribution is -2.36. The molecule has 0 saturated heterocycles. The normalized spacial score (nSPS) is 12.6. The van der Waals surface area contributed by atoms with Crippen LogP contribution in [0.4, 0.5) is 5.69 Å². The van der Waals surface area contributed by atoms with Gasteiger partial charge in [0.25, 0.3) is 0 Å². The van der Waals surface area contributed by atoms with Crippen molar-refractivity contribution in [1.29, 1.82) is 0 Å². The van der Waals surface area contributed by atoms with Crippen LogP contribution in [0.3, 0.4) is 0 Å². The maximum Gasteiger partial charge on any atom is 0.328 e. The van der Waals surface area contributed by atoms with Crippen LogP contribution < -0.4 is 4.90 Å². The van der Waals surface area contributed by atoms with E-state index in [-0.39, 0.29) is 6.04 Å². The van der Waals surface area contributed by atoms with Gasteiger partial charge >= 0.3 is 5.97 Å². The van der Waals surface area contributed by atoms with E-state index >= 15 is 0 Å². The zero-order valence-electron chi connectivity index (χ0n) is 12.0. The van der Waals surface area contributed by atoms with E-state index in [0.29, 0.717) is 17.2 Å². The molecule has 0 radical (unpaired) electrons. The third-order valence-electron chi connectivity index (χ3n) is 3.00. The smallest absolute Gasteiger partial charge is 0.328 e. The zero-order chi connectivity index (χ0) is 15.1. The van der Waals surface area contributed by atoms with E-state index in [4.69, 9.17) is 21.4 Å². The van der Waals surface area contributed by atoms with Crippen LogP contribution in [0.2, 0.25) is 5.02 Å². The molecule has 1 N–H and O–H groups in total. The molecule has 0 saturated carbocycles. The fourth-order valence-corrected chi connectivity index (χ4v) is 2.31. The average molecular weight is 298 g/mol. The average Bonchev–Trinajstić information content (AvgIpc) is 2.38. The van der Waals surface area contributed by atoms with Crippen LogP contribution >= 0.6 is 11.6 Å². The third-order valence-corrected chi connectivity index (χ3v) is 3.33. The molecule has 0 fully saturated rings. The van der Waals surface area contributed by atoms with Gasteiger partial charge in [-0.1, -0.05) is 17.7 Å². The summed E-state index contributed by atoms with van der Waals surface area (Å²) in [5.74, 6) is -0.992. The quantitative estimate of drug-likeness (QED) is 0.785. The second kappa shape index (κ2) is 7.92. The van der Waals surface area contributed by atoms with Crippen molar-refractivity contribution in [3.8, 4) is 0 Å². The first-order valence-corrected chi connectivity index (χ1v) is 6.83. The highest BCUT2D eigenvalue weighted by Gasteiger charge is 2.13. The number of halogens is 1. The van der Waals surface area contributed by atoms with E-state index < -0.39 is 5.97 Å². The van der Waals surface area contributed by atoms with Crippen molar-refractivity contribution < 1.29 is 14.6 Å². The van der Waals surface area contributed by atoms with Crippen LogP contribution in [0.5, 0.6) is 0 Å². The number of nitrogens with zero attached hydrogens (tertiary/aromatic N) is 1. The molecule has 1 aromatic carbocycles. The summed E-state index contributed by atoms with van der Waals surface area (Å²) in [6.45, 7) is 5.62. The number of hydrogen-bond donors (Lipinski definition) is 1. The first-order valence-electron chi connectivity index (χ1n) is 6.45. The summed E-state index contributed by atoms with van der Waals surface area (Å²) in [6, 6.07) is 5.84. The molecular weight excluding hydrogens is 278 g/mol. The molecule has 1 aromatic rings. The van der Waals surface area contributed by atoms with Gasteiger partial charge in [-0.25, -0.2) is 4.79 Å².